The van der Waals surface area contributed by atoms with Crippen LogP contribution in [0, 0.1) is 0 Å². The predicted octanol–water partition coefficient (Wildman–Crippen LogP) is 0.714. The highest BCUT2D eigenvalue weighted by molar-refractivity contribution is 5.49. The molecule has 0 fully saturated rings. The molecule has 0 aromatic carbocycles. The summed E-state index contributed by atoms with van der Waals surface area (Å²) in [5, 5.41) is 0. The summed E-state index contributed by atoms with van der Waals surface area (Å²) < 4.78 is 20.4. The zero-order valence-corrected chi connectivity index (χ0v) is 10.1. The summed E-state index contributed by atoms with van der Waals surface area (Å²) in [4.78, 5) is 4.14. The van der Waals surface area contributed by atoms with E-state index in [1.54, 1.807) is 26.4 Å². The summed E-state index contributed by atoms with van der Waals surface area (Å²) in [5.41, 5.74) is 6.19. The van der Waals surface area contributed by atoms with Crippen molar-refractivity contribution in [2.24, 2.45) is 0 Å². The maximum Gasteiger partial charge on any atom is 0.240 e. The first-order valence-electron chi connectivity index (χ1n) is 5.28. The van der Waals surface area contributed by atoms with Gasteiger partial charge in [0.15, 0.2) is 0 Å². The number of methoxy groups -OCH3 is 2. The van der Waals surface area contributed by atoms with Crippen molar-refractivity contribution in [2.45, 2.75) is 0 Å². The predicted molar refractivity (Wildman–Crippen MR) is 63.4 cm³/mol. The molecule has 1 aromatic heterocycles. The molecule has 0 radical (unpaired) electrons. The van der Waals surface area contributed by atoms with Crippen LogP contribution in [-0.2, 0) is 9.47 Å². The minimum absolute atomic E-state index is 0.358. The summed E-state index contributed by atoms with van der Waals surface area (Å²) >= 11 is 0. The molecule has 0 aliphatic rings. The van der Waals surface area contributed by atoms with Crippen LogP contribution in [0.4, 0.5) is 5.69 Å². The van der Waals surface area contributed by atoms with Crippen LogP contribution in [0.5, 0.6) is 11.8 Å². The first-order valence-corrected chi connectivity index (χ1v) is 5.28. The first kappa shape index (κ1) is 13.5. The molecule has 6 heteroatoms. The molecule has 1 aromatic rings. The lowest BCUT2D eigenvalue weighted by atomic mass is 10.4. The van der Waals surface area contributed by atoms with E-state index in [1.807, 2.05) is 0 Å². The average molecular weight is 242 g/mol. The number of nitrogens with two attached hydrogens (primary N) is 1. The number of aromatic nitrogens is 1. The first-order chi connectivity index (χ1) is 8.27. The van der Waals surface area contributed by atoms with Crippen molar-refractivity contribution in [3.63, 3.8) is 0 Å². The number of hydrogen-bond acceptors (Lipinski definition) is 6. The van der Waals surface area contributed by atoms with E-state index in [1.165, 1.54) is 0 Å². The maximum atomic E-state index is 5.72. The fourth-order valence-corrected chi connectivity index (χ4v) is 1.08. The van der Waals surface area contributed by atoms with Crippen LogP contribution < -0.4 is 15.2 Å². The molecule has 0 aliphatic carbocycles. The lowest BCUT2D eigenvalue weighted by molar-refractivity contribution is 0.137. The molecule has 0 atom stereocenters. The summed E-state index contributed by atoms with van der Waals surface area (Å²) in [6.45, 7) is 1.82. The number of pyridine rings is 1. The maximum absolute atomic E-state index is 5.72. The monoisotopic (exact) mass is 242 g/mol. The standard InChI is InChI=1S/C11H18N2O4/c1-14-5-7-16-10-4-3-9(12)11(13-10)17-8-6-15-2/h3-4H,5-8,12H2,1-2H3. The Hall–Kier alpha value is -1.53. The number of hydrogen-bond donors (Lipinski definition) is 1. The second-order valence-corrected chi connectivity index (χ2v) is 3.23. The normalized spacial score (nSPS) is 10.2. The summed E-state index contributed by atoms with van der Waals surface area (Å²) in [5.74, 6) is 0.820. The molecule has 1 rings (SSSR count). The van der Waals surface area contributed by atoms with Crippen molar-refractivity contribution in [2.75, 3.05) is 46.4 Å². The smallest absolute Gasteiger partial charge is 0.240 e. The van der Waals surface area contributed by atoms with E-state index >= 15 is 0 Å². The Balaban J connectivity index is 2.53. The molecule has 0 unspecified atom stereocenters. The third kappa shape index (κ3) is 4.88. The Bertz CT molecular complexity index is 333. The zero-order valence-electron chi connectivity index (χ0n) is 10.1. The second-order valence-electron chi connectivity index (χ2n) is 3.23. The van der Waals surface area contributed by atoms with Crippen molar-refractivity contribution in [1.82, 2.24) is 4.98 Å². The van der Waals surface area contributed by atoms with Gasteiger partial charge in [0.2, 0.25) is 11.8 Å². The van der Waals surface area contributed by atoms with Crippen LogP contribution in [0.25, 0.3) is 0 Å². The third-order valence-electron chi connectivity index (χ3n) is 1.93. The lowest BCUT2D eigenvalue weighted by Crippen LogP contribution is -2.09. The SMILES string of the molecule is COCCOc1ccc(N)c(OCCOC)n1. The van der Waals surface area contributed by atoms with Crippen molar-refractivity contribution in [1.29, 1.82) is 0 Å². The van der Waals surface area contributed by atoms with Crippen LogP contribution in [0.2, 0.25) is 0 Å². The van der Waals surface area contributed by atoms with E-state index in [0.29, 0.717) is 43.9 Å². The Morgan fingerprint density at radius 2 is 1.65 bits per heavy atom. The van der Waals surface area contributed by atoms with Gasteiger partial charge in [0.1, 0.15) is 13.2 Å². The number of nitrogen functional groups attached to an aromatic ring is 1. The molecule has 0 aliphatic heterocycles. The van der Waals surface area contributed by atoms with Crippen LogP contribution in [0.3, 0.4) is 0 Å². The highest BCUT2D eigenvalue weighted by Gasteiger charge is 2.05. The van der Waals surface area contributed by atoms with Crippen LogP contribution in [0.1, 0.15) is 0 Å². The zero-order chi connectivity index (χ0) is 12.5. The second kappa shape index (κ2) is 7.70. The van der Waals surface area contributed by atoms with E-state index < -0.39 is 0 Å². The fraction of sp³-hybridized carbons (Fsp3) is 0.545. The van der Waals surface area contributed by atoms with E-state index in [4.69, 9.17) is 24.7 Å². The van der Waals surface area contributed by atoms with Gasteiger partial charge >= 0.3 is 0 Å². The van der Waals surface area contributed by atoms with Gasteiger partial charge in [-0.1, -0.05) is 0 Å². The Kier molecular flexibility index (Phi) is 6.13. The lowest BCUT2D eigenvalue weighted by Gasteiger charge is -2.09. The Morgan fingerprint density at radius 3 is 2.29 bits per heavy atom. The molecule has 17 heavy (non-hydrogen) atoms. The molecule has 0 saturated carbocycles. The fourth-order valence-electron chi connectivity index (χ4n) is 1.08. The number of ether oxygens (including phenoxy) is 4. The molecular formula is C11H18N2O4. The topological polar surface area (TPSA) is 75.8 Å². The molecule has 2 N–H and O–H groups in total. The highest BCUT2D eigenvalue weighted by atomic mass is 16.5. The summed E-state index contributed by atoms with van der Waals surface area (Å²) in [6.07, 6.45) is 0. The largest absolute Gasteiger partial charge is 0.475 e. The van der Waals surface area contributed by atoms with Gasteiger partial charge in [0, 0.05) is 20.3 Å². The summed E-state index contributed by atoms with van der Waals surface area (Å²) in [6, 6.07) is 3.38. The van der Waals surface area contributed by atoms with Gasteiger partial charge in [-0.25, -0.2) is 0 Å². The molecular weight excluding hydrogens is 224 g/mol. The number of nitrogens with zero attached hydrogens (tertiary/aromatic N) is 1. The molecule has 0 saturated heterocycles. The van der Waals surface area contributed by atoms with Crippen LogP contribution in [-0.4, -0.2) is 45.6 Å². The highest BCUT2D eigenvalue weighted by Crippen LogP contribution is 2.21. The average Bonchev–Trinajstić information content (AvgIpc) is 2.33. The minimum Gasteiger partial charge on any atom is -0.475 e. The van der Waals surface area contributed by atoms with Gasteiger partial charge in [0.25, 0.3) is 0 Å². The molecule has 6 nitrogen and oxygen atoms in total. The number of rotatable bonds is 8. The van der Waals surface area contributed by atoms with Gasteiger partial charge in [-0.05, 0) is 6.07 Å². The Labute approximate surface area is 101 Å². The van der Waals surface area contributed by atoms with Crippen molar-refractivity contribution in [3.05, 3.63) is 12.1 Å². The van der Waals surface area contributed by atoms with Crippen LogP contribution in [0.15, 0.2) is 12.1 Å². The van der Waals surface area contributed by atoms with Crippen molar-refractivity contribution in [3.8, 4) is 11.8 Å². The minimum atomic E-state index is 0.358. The van der Waals surface area contributed by atoms with Gasteiger partial charge < -0.3 is 24.7 Å². The molecule has 1 heterocycles. The van der Waals surface area contributed by atoms with Gasteiger partial charge in [-0.2, -0.15) is 4.98 Å². The summed E-state index contributed by atoms with van der Waals surface area (Å²) in [7, 11) is 3.21. The van der Waals surface area contributed by atoms with Gasteiger partial charge in [0.05, 0.1) is 18.9 Å². The van der Waals surface area contributed by atoms with Crippen molar-refractivity contribution < 1.29 is 18.9 Å². The van der Waals surface area contributed by atoms with Crippen molar-refractivity contribution >= 4 is 5.69 Å². The number of anilines is 1. The molecule has 0 amide bonds. The van der Waals surface area contributed by atoms with E-state index in [9.17, 15) is 0 Å². The van der Waals surface area contributed by atoms with Crippen LogP contribution >= 0.6 is 0 Å². The quantitative estimate of drug-likeness (QED) is 0.677. The van der Waals surface area contributed by atoms with Gasteiger partial charge in [-0.3, -0.25) is 0 Å². The van der Waals surface area contributed by atoms with E-state index in [0.717, 1.165) is 0 Å². The van der Waals surface area contributed by atoms with Gasteiger partial charge in [-0.15, -0.1) is 0 Å². The molecule has 0 spiro atoms. The van der Waals surface area contributed by atoms with E-state index in [-0.39, 0.29) is 0 Å². The molecule has 0 bridgehead atoms. The van der Waals surface area contributed by atoms with E-state index in [2.05, 4.69) is 4.98 Å². The Morgan fingerprint density at radius 1 is 1.00 bits per heavy atom. The molecule has 96 valence electrons. The third-order valence-corrected chi connectivity index (χ3v) is 1.93.